The third-order valence-corrected chi connectivity index (χ3v) is 8.67. The van der Waals surface area contributed by atoms with E-state index in [9.17, 15) is 4.79 Å². The van der Waals surface area contributed by atoms with Crippen molar-refractivity contribution in [1.82, 2.24) is 0 Å². The number of carbonyl (C=O) groups excluding carboxylic acids is 1. The molecule has 3 saturated heterocycles. The third kappa shape index (κ3) is 3.81. The summed E-state index contributed by atoms with van der Waals surface area (Å²) in [7, 11) is 0. The van der Waals surface area contributed by atoms with Gasteiger partial charge in [-0.15, -0.1) is 0 Å². The Morgan fingerprint density at radius 1 is 0.853 bits per heavy atom. The topological polar surface area (TPSA) is 26.3 Å². The maximum atomic E-state index is 13.9. The molecular formula is C30H32BrNO2. The van der Waals surface area contributed by atoms with E-state index in [2.05, 4.69) is 73.7 Å². The molecule has 176 valence electrons. The molecule has 3 fully saturated rings. The molecule has 34 heavy (non-hydrogen) atoms. The summed E-state index contributed by atoms with van der Waals surface area (Å²) in [6.45, 7) is 4.51. The number of quaternary nitrogens is 1. The fraction of sp³-hybridized carbons (Fsp3) is 0.367. The molecule has 7 rings (SSSR count). The molecule has 0 N–H and O–H groups in total. The summed E-state index contributed by atoms with van der Waals surface area (Å²) in [5.74, 6) is 0.265. The SMILES string of the molecule is CC(c1ccccc1)[N+]12CCC(CC1)C[C@H]2OC(=O)C1c2ccccc2Cc2ccccc21.[Br-]. The molecule has 4 aliphatic rings. The summed E-state index contributed by atoms with van der Waals surface area (Å²) in [4.78, 5) is 13.9. The van der Waals surface area contributed by atoms with Crippen molar-refractivity contribution >= 4 is 5.97 Å². The van der Waals surface area contributed by atoms with E-state index < -0.39 is 0 Å². The van der Waals surface area contributed by atoms with Crippen molar-refractivity contribution in [3.63, 3.8) is 0 Å². The Bertz CT molecular complexity index is 1120. The number of carbonyl (C=O) groups is 1. The van der Waals surface area contributed by atoms with Crippen LogP contribution in [0.1, 0.15) is 66.0 Å². The molecule has 0 amide bonds. The largest absolute Gasteiger partial charge is 1.00 e. The molecule has 2 atom stereocenters. The van der Waals surface area contributed by atoms with Crippen LogP contribution in [-0.4, -0.2) is 29.8 Å². The summed E-state index contributed by atoms with van der Waals surface area (Å²) < 4.78 is 7.43. The van der Waals surface area contributed by atoms with E-state index >= 15 is 0 Å². The molecule has 1 unspecified atom stereocenters. The first-order valence-electron chi connectivity index (χ1n) is 12.4. The number of benzene rings is 3. The molecule has 0 spiro atoms. The third-order valence-electron chi connectivity index (χ3n) is 8.67. The van der Waals surface area contributed by atoms with Gasteiger partial charge in [0.25, 0.3) is 0 Å². The molecule has 3 nitrogen and oxygen atoms in total. The summed E-state index contributed by atoms with van der Waals surface area (Å²) in [6, 6.07) is 27.9. The van der Waals surface area contributed by atoms with Crippen LogP contribution in [0.2, 0.25) is 0 Å². The van der Waals surface area contributed by atoms with Gasteiger partial charge in [0.2, 0.25) is 6.23 Å². The lowest BCUT2D eigenvalue weighted by Crippen LogP contribution is -3.00. The molecule has 0 radical (unpaired) electrons. The average molecular weight is 518 g/mol. The standard InChI is InChI=1S/C30H32NO2.BrH/c1-21(23-9-3-2-4-10-23)31-17-15-22(16-18-31)19-28(31)33-30(32)29-26-13-7-5-11-24(26)20-25-12-6-8-14-27(25)29;/h2-14,21-22,28-29H,15-20H2,1H3;1H/q+1;/p-1/t21?,22?,28-,31?;/m1./s1. The van der Waals surface area contributed by atoms with Gasteiger partial charge in [0.05, 0.1) is 13.1 Å². The summed E-state index contributed by atoms with van der Waals surface area (Å²) in [5, 5.41) is 0. The van der Waals surface area contributed by atoms with E-state index in [1.165, 1.54) is 29.5 Å². The van der Waals surface area contributed by atoms with E-state index in [1.807, 2.05) is 12.1 Å². The number of esters is 1. The van der Waals surface area contributed by atoms with Crippen molar-refractivity contribution in [1.29, 1.82) is 0 Å². The average Bonchev–Trinajstić information content (AvgIpc) is 2.88. The minimum atomic E-state index is -0.333. The number of halogens is 1. The first-order chi connectivity index (χ1) is 16.2. The highest BCUT2D eigenvalue weighted by atomic mass is 79.9. The molecule has 0 aromatic heterocycles. The Labute approximate surface area is 213 Å². The van der Waals surface area contributed by atoms with Gasteiger partial charge in [-0.05, 0) is 41.5 Å². The molecule has 3 aliphatic heterocycles. The van der Waals surface area contributed by atoms with E-state index in [0.29, 0.717) is 12.0 Å². The van der Waals surface area contributed by atoms with Crippen LogP contribution in [0.3, 0.4) is 0 Å². The lowest BCUT2D eigenvalue weighted by molar-refractivity contribution is -1.01. The predicted molar refractivity (Wildman–Crippen MR) is 130 cm³/mol. The van der Waals surface area contributed by atoms with Gasteiger partial charge in [-0.3, -0.25) is 9.28 Å². The van der Waals surface area contributed by atoms with Gasteiger partial charge < -0.3 is 21.7 Å². The number of nitrogens with zero attached hydrogens (tertiary/aromatic N) is 1. The predicted octanol–water partition coefficient (Wildman–Crippen LogP) is 2.99. The molecule has 0 saturated carbocycles. The van der Waals surface area contributed by atoms with Gasteiger partial charge in [0, 0.05) is 24.8 Å². The highest BCUT2D eigenvalue weighted by molar-refractivity contribution is 5.84. The van der Waals surface area contributed by atoms with Crippen LogP contribution in [0, 0.1) is 5.92 Å². The Hall–Kier alpha value is -2.43. The summed E-state index contributed by atoms with van der Waals surface area (Å²) in [6.07, 6.45) is 4.27. The number of piperidine rings is 3. The molecule has 3 heterocycles. The lowest BCUT2D eigenvalue weighted by Gasteiger charge is -2.56. The van der Waals surface area contributed by atoms with Gasteiger partial charge in [0.15, 0.2) is 0 Å². The number of hydrogen-bond donors (Lipinski definition) is 0. The van der Waals surface area contributed by atoms with Crippen LogP contribution < -0.4 is 17.0 Å². The zero-order valence-electron chi connectivity index (χ0n) is 19.7. The smallest absolute Gasteiger partial charge is 0.322 e. The van der Waals surface area contributed by atoms with Gasteiger partial charge in [0.1, 0.15) is 12.0 Å². The Kier molecular flexibility index (Phi) is 6.39. The van der Waals surface area contributed by atoms with Crippen molar-refractivity contribution in [3.8, 4) is 0 Å². The van der Waals surface area contributed by atoms with Crippen LogP contribution in [-0.2, 0) is 16.0 Å². The Morgan fingerprint density at radius 2 is 1.41 bits per heavy atom. The van der Waals surface area contributed by atoms with Crippen LogP contribution >= 0.6 is 0 Å². The molecular weight excluding hydrogens is 486 g/mol. The van der Waals surface area contributed by atoms with E-state index in [0.717, 1.165) is 41.5 Å². The summed E-state index contributed by atoms with van der Waals surface area (Å²) in [5.41, 5.74) is 6.04. The minimum absolute atomic E-state index is 0. The maximum Gasteiger partial charge on any atom is 0.322 e. The summed E-state index contributed by atoms with van der Waals surface area (Å²) >= 11 is 0. The number of ether oxygens (including phenoxy) is 1. The number of hydrogen-bond acceptors (Lipinski definition) is 2. The zero-order valence-corrected chi connectivity index (χ0v) is 21.3. The second-order valence-electron chi connectivity index (χ2n) is 10.2. The zero-order chi connectivity index (χ0) is 22.4. The second kappa shape index (κ2) is 9.31. The van der Waals surface area contributed by atoms with Crippen molar-refractivity contribution in [2.75, 3.05) is 13.1 Å². The first kappa shape index (κ1) is 23.3. The van der Waals surface area contributed by atoms with Gasteiger partial charge in [-0.25, -0.2) is 0 Å². The molecule has 3 aromatic rings. The van der Waals surface area contributed by atoms with Gasteiger partial charge in [-0.2, -0.15) is 0 Å². The van der Waals surface area contributed by atoms with Crippen molar-refractivity contribution in [2.24, 2.45) is 5.92 Å². The quantitative estimate of drug-likeness (QED) is 0.392. The van der Waals surface area contributed by atoms with Crippen molar-refractivity contribution < 1.29 is 31.0 Å². The van der Waals surface area contributed by atoms with Crippen molar-refractivity contribution in [2.45, 2.75) is 50.8 Å². The van der Waals surface area contributed by atoms with E-state index in [4.69, 9.17) is 4.74 Å². The highest BCUT2D eigenvalue weighted by Crippen LogP contribution is 2.46. The van der Waals surface area contributed by atoms with Gasteiger partial charge in [-0.1, -0.05) is 78.9 Å². The second-order valence-corrected chi connectivity index (χ2v) is 10.2. The molecule has 2 bridgehead atoms. The monoisotopic (exact) mass is 517 g/mol. The fourth-order valence-electron chi connectivity index (χ4n) is 6.72. The number of fused-ring (bicyclic) bond motifs is 5. The lowest BCUT2D eigenvalue weighted by atomic mass is 9.78. The van der Waals surface area contributed by atoms with Crippen LogP contribution in [0.4, 0.5) is 0 Å². The number of rotatable bonds is 4. The Morgan fingerprint density at radius 3 is 2.03 bits per heavy atom. The van der Waals surface area contributed by atoms with Crippen LogP contribution in [0.25, 0.3) is 0 Å². The van der Waals surface area contributed by atoms with Gasteiger partial charge >= 0.3 is 5.97 Å². The fourth-order valence-corrected chi connectivity index (χ4v) is 6.72. The molecule has 3 aromatic carbocycles. The van der Waals surface area contributed by atoms with Crippen molar-refractivity contribution in [3.05, 3.63) is 107 Å². The minimum Gasteiger partial charge on any atom is -1.00 e. The molecule has 4 heteroatoms. The van der Waals surface area contributed by atoms with Crippen LogP contribution in [0.15, 0.2) is 78.9 Å². The molecule has 1 aliphatic carbocycles. The Balaban J connectivity index is 0.00000241. The maximum absolute atomic E-state index is 13.9. The first-order valence-corrected chi connectivity index (χ1v) is 12.4. The highest BCUT2D eigenvalue weighted by Gasteiger charge is 2.53. The van der Waals surface area contributed by atoms with E-state index in [1.54, 1.807) is 0 Å². The van der Waals surface area contributed by atoms with E-state index in [-0.39, 0.29) is 35.1 Å². The normalized spacial score (nSPS) is 26.0. The van der Waals surface area contributed by atoms with Crippen LogP contribution in [0.5, 0.6) is 0 Å².